The minimum Gasteiger partial charge on any atom is -0.454 e. The van der Waals surface area contributed by atoms with Crippen molar-refractivity contribution in [3.8, 4) is 0 Å². The van der Waals surface area contributed by atoms with Crippen LogP contribution in [0.2, 0.25) is 0 Å². The van der Waals surface area contributed by atoms with Gasteiger partial charge in [0.15, 0.2) is 5.76 Å². The first-order valence-corrected chi connectivity index (χ1v) is 8.47. The first-order chi connectivity index (χ1) is 12.1. The summed E-state index contributed by atoms with van der Waals surface area (Å²) in [4.78, 5) is 29.8. The lowest BCUT2D eigenvalue weighted by Gasteiger charge is -2.30. The van der Waals surface area contributed by atoms with Gasteiger partial charge >= 0.3 is 0 Å². The molecule has 2 aromatic rings. The standard InChI is InChI=1S/C18H22N4O3/c1-13(23)20-11-14-5-6-17(25-14)18(24)21-15-12-19-8-7-16(15)22-9-3-2-4-10-22/h5-8,12H,2-4,9-11H2,1H3,(H,20,23)(H,21,24). The summed E-state index contributed by atoms with van der Waals surface area (Å²) in [6.07, 6.45) is 6.94. The number of pyridine rings is 1. The number of rotatable bonds is 5. The Morgan fingerprint density at radius 2 is 2.00 bits per heavy atom. The van der Waals surface area contributed by atoms with E-state index in [1.54, 1.807) is 24.5 Å². The van der Waals surface area contributed by atoms with Gasteiger partial charge < -0.3 is 20.0 Å². The van der Waals surface area contributed by atoms with E-state index in [1.165, 1.54) is 13.3 Å². The molecule has 1 aliphatic heterocycles. The van der Waals surface area contributed by atoms with Gasteiger partial charge in [-0.05, 0) is 37.5 Å². The average molecular weight is 342 g/mol. The number of anilines is 2. The van der Waals surface area contributed by atoms with Gasteiger partial charge in [-0.2, -0.15) is 0 Å². The molecule has 132 valence electrons. The van der Waals surface area contributed by atoms with E-state index in [1.807, 2.05) is 6.07 Å². The summed E-state index contributed by atoms with van der Waals surface area (Å²) >= 11 is 0. The Morgan fingerprint density at radius 3 is 2.76 bits per heavy atom. The molecular weight excluding hydrogens is 320 g/mol. The van der Waals surface area contributed by atoms with Crippen LogP contribution in [0.25, 0.3) is 0 Å². The zero-order chi connectivity index (χ0) is 17.6. The molecule has 0 saturated carbocycles. The first-order valence-electron chi connectivity index (χ1n) is 8.47. The highest BCUT2D eigenvalue weighted by molar-refractivity contribution is 6.04. The SMILES string of the molecule is CC(=O)NCc1ccc(C(=O)Nc2cnccc2N2CCCCC2)o1. The number of aromatic nitrogens is 1. The largest absolute Gasteiger partial charge is 0.454 e. The molecule has 0 aliphatic carbocycles. The summed E-state index contributed by atoms with van der Waals surface area (Å²) in [7, 11) is 0. The second kappa shape index (κ2) is 7.83. The van der Waals surface area contributed by atoms with E-state index in [9.17, 15) is 9.59 Å². The molecule has 2 N–H and O–H groups in total. The molecule has 2 amide bonds. The van der Waals surface area contributed by atoms with Crippen LogP contribution in [-0.2, 0) is 11.3 Å². The fourth-order valence-electron chi connectivity index (χ4n) is 2.88. The van der Waals surface area contributed by atoms with Crippen molar-refractivity contribution in [2.75, 3.05) is 23.3 Å². The maximum atomic E-state index is 12.5. The lowest BCUT2D eigenvalue weighted by atomic mass is 10.1. The van der Waals surface area contributed by atoms with Crippen LogP contribution in [0.5, 0.6) is 0 Å². The Hall–Kier alpha value is -2.83. The van der Waals surface area contributed by atoms with E-state index < -0.39 is 0 Å². The van der Waals surface area contributed by atoms with Gasteiger partial charge in [-0.3, -0.25) is 14.6 Å². The number of amides is 2. The summed E-state index contributed by atoms with van der Waals surface area (Å²) in [5, 5.41) is 5.51. The maximum absolute atomic E-state index is 12.5. The van der Waals surface area contributed by atoms with E-state index in [2.05, 4.69) is 20.5 Å². The van der Waals surface area contributed by atoms with Crippen molar-refractivity contribution < 1.29 is 14.0 Å². The Kier molecular flexibility index (Phi) is 5.33. The topological polar surface area (TPSA) is 87.5 Å². The van der Waals surface area contributed by atoms with Gasteiger partial charge in [-0.1, -0.05) is 0 Å². The number of piperidine rings is 1. The molecule has 7 nitrogen and oxygen atoms in total. The minimum absolute atomic E-state index is 0.149. The van der Waals surface area contributed by atoms with Crippen molar-refractivity contribution in [3.63, 3.8) is 0 Å². The van der Waals surface area contributed by atoms with Crippen molar-refractivity contribution in [2.24, 2.45) is 0 Å². The number of carbonyl (C=O) groups is 2. The van der Waals surface area contributed by atoms with Crippen LogP contribution in [0, 0.1) is 0 Å². The number of hydrogen-bond acceptors (Lipinski definition) is 5. The van der Waals surface area contributed by atoms with Crippen molar-refractivity contribution in [1.29, 1.82) is 0 Å². The molecular formula is C18H22N4O3. The van der Waals surface area contributed by atoms with Gasteiger partial charge in [0.1, 0.15) is 5.76 Å². The van der Waals surface area contributed by atoms with E-state index in [-0.39, 0.29) is 24.1 Å². The van der Waals surface area contributed by atoms with E-state index in [0.717, 1.165) is 31.6 Å². The Labute approximate surface area is 146 Å². The van der Waals surface area contributed by atoms with Gasteiger partial charge in [0.05, 0.1) is 24.1 Å². The van der Waals surface area contributed by atoms with Crippen molar-refractivity contribution in [3.05, 3.63) is 42.1 Å². The highest BCUT2D eigenvalue weighted by Gasteiger charge is 2.18. The minimum atomic E-state index is -0.333. The summed E-state index contributed by atoms with van der Waals surface area (Å²) < 4.78 is 5.49. The molecule has 1 saturated heterocycles. The molecule has 0 spiro atoms. The van der Waals surface area contributed by atoms with Gasteiger partial charge in [-0.15, -0.1) is 0 Å². The zero-order valence-corrected chi connectivity index (χ0v) is 14.2. The lowest BCUT2D eigenvalue weighted by Crippen LogP contribution is -2.30. The first kappa shape index (κ1) is 17.0. The van der Waals surface area contributed by atoms with Crippen molar-refractivity contribution in [2.45, 2.75) is 32.7 Å². The third-order valence-electron chi connectivity index (χ3n) is 4.14. The molecule has 0 atom stereocenters. The third-order valence-corrected chi connectivity index (χ3v) is 4.14. The number of nitrogens with zero attached hydrogens (tertiary/aromatic N) is 2. The third kappa shape index (κ3) is 4.37. The van der Waals surface area contributed by atoms with E-state index in [4.69, 9.17) is 4.42 Å². The van der Waals surface area contributed by atoms with Crippen molar-refractivity contribution in [1.82, 2.24) is 10.3 Å². The lowest BCUT2D eigenvalue weighted by molar-refractivity contribution is -0.119. The van der Waals surface area contributed by atoms with Crippen LogP contribution in [0.1, 0.15) is 42.5 Å². The number of nitrogens with one attached hydrogen (secondary N) is 2. The fraction of sp³-hybridized carbons (Fsp3) is 0.389. The van der Waals surface area contributed by atoms with Crippen LogP contribution in [0.15, 0.2) is 35.0 Å². The molecule has 3 rings (SSSR count). The Balaban J connectivity index is 1.70. The molecule has 0 unspecified atom stereocenters. The van der Waals surface area contributed by atoms with Crippen LogP contribution in [0.3, 0.4) is 0 Å². The van der Waals surface area contributed by atoms with E-state index in [0.29, 0.717) is 11.4 Å². The second-order valence-corrected chi connectivity index (χ2v) is 6.07. The summed E-state index contributed by atoms with van der Waals surface area (Å²) in [5.41, 5.74) is 1.65. The second-order valence-electron chi connectivity index (χ2n) is 6.07. The smallest absolute Gasteiger partial charge is 0.291 e. The maximum Gasteiger partial charge on any atom is 0.291 e. The highest BCUT2D eigenvalue weighted by atomic mass is 16.4. The predicted molar refractivity (Wildman–Crippen MR) is 94.5 cm³/mol. The molecule has 1 fully saturated rings. The predicted octanol–water partition coefficient (Wildman–Crippen LogP) is 2.55. The van der Waals surface area contributed by atoms with E-state index >= 15 is 0 Å². The van der Waals surface area contributed by atoms with Gasteiger partial charge in [0.2, 0.25) is 5.91 Å². The summed E-state index contributed by atoms with van der Waals surface area (Å²) in [6, 6.07) is 5.20. The quantitative estimate of drug-likeness (QED) is 0.872. The average Bonchev–Trinajstić information content (AvgIpc) is 3.10. The number of hydrogen-bond donors (Lipinski definition) is 2. The Bertz CT molecular complexity index is 750. The van der Waals surface area contributed by atoms with Crippen molar-refractivity contribution >= 4 is 23.2 Å². The zero-order valence-electron chi connectivity index (χ0n) is 14.2. The normalized spacial score (nSPS) is 14.2. The number of carbonyl (C=O) groups excluding carboxylic acids is 2. The highest BCUT2D eigenvalue weighted by Crippen LogP contribution is 2.27. The van der Waals surface area contributed by atoms with Crippen LogP contribution in [0.4, 0.5) is 11.4 Å². The molecule has 2 aromatic heterocycles. The van der Waals surface area contributed by atoms with Gasteiger partial charge in [-0.25, -0.2) is 0 Å². The summed E-state index contributed by atoms with van der Waals surface area (Å²) in [5.74, 6) is 0.251. The van der Waals surface area contributed by atoms with Gasteiger partial charge in [0.25, 0.3) is 5.91 Å². The monoisotopic (exact) mass is 342 g/mol. The Morgan fingerprint density at radius 1 is 1.20 bits per heavy atom. The van der Waals surface area contributed by atoms with Gasteiger partial charge in [0, 0.05) is 26.2 Å². The van der Waals surface area contributed by atoms with Crippen LogP contribution in [-0.4, -0.2) is 29.9 Å². The fourth-order valence-corrected chi connectivity index (χ4v) is 2.88. The molecule has 25 heavy (non-hydrogen) atoms. The van der Waals surface area contributed by atoms with Crippen LogP contribution >= 0.6 is 0 Å². The molecule has 0 aromatic carbocycles. The molecule has 1 aliphatic rings. The van der Waals surface area contributed by atoms with Crippen LogP contribution < -0.4 is 15.5 Å². The number of furan rings is 1. The summed E-state index contributed by atoms with van der Waals surface area (Å²) in [6.45, 7) is 3.65. The molecule has 3 heterocycles. The molecule has 0 radical (unpaired) electrons. The molecule has 0 bridgehead atoms. The molecule has 7 heteroatoms.